The molecule has 32 heavy (non-hydrogen) atoms. The predicted molar refractivity (Wildman–Crippen MR) is 120 cm³/mol. The molecule has 0 radical (unpaired) electrons. The minimum Gasteiger partial charge on any atom is -0.486 e. The molecule has 0 saturated carbocycles. The summed E-state index contributed by atoms with van der Waals surface area (Å²) in [5, 5.41) is 9.97. The van der Waals surface area contributed by atoms with Crippen LogP contribution < -0.4 is 14.4 Å². The van der Waals surface area contributed by atoms with Crippen molar-refractivity contribution in [3.05, 3.63) is 52.5 Å². The topological polar surface area (TPSA) is 85.3 Å². The summed E-state index contributed by atoms with van der Waals surface area (Å²) in [6, 6.07) is 10.7. The number of amides is 1. The fraction of sp³-hybridized carbons (Fsp3) is 0.417. The van der Waals surface area contributed by atoms with Crippen molar-refractivity contribution in [2.24, 2.45) is 5.41 Å². The van der Waals surface area contributed by atoms with Crippen LogP contribution >= 0.6 is 11.6 Å². The molecule has 2 aromatic rings. The highest BCUT2D eigenvalue weighted by atomic mass is 35.5. The molecule has 2 heterocycles. The summed E-state index contributed by atoms with van der Waals surface area (Å²) >= 11 is 6.35. The Morgan fingerprint density at radius 2 is 1.91 bits per heavy atom. The van der Waals surface area contributed by atoms with Crippen LogP contribution in [0.3, 0.4) is 0 Å². The van der Waals surface area contributed by atoms with Gasteiger partial charge in [0.1, 0.15) is 25.4 Å². The molecule has 4 rings (SSSR count). The number of fused-ring (bicyclic) bond motifs is 2. The van der Waals surface area contributed by atoms with E-state index in [9.17, 15) is 14.7 Å². The zero-order chi connectivity index (χ0) is 23.0. The van der Waals surface area contributed by atoms with E-state index in [2.05, 4.69) is 0 Å². The van der Waals surface area contributed by atoms with Crippen molar-refractivity contribution in [2.45, 2.75) is 39.4 Å². The lowest BCUT2D eigenvalue weighted by Gasteiger charge is -2.31. The lowest BCUT2D eigenvalue weighted by atomic mass is 9.94. The maximum absolute atomic E-state index is 13.5. The highest BCUT2D eigenvalue weighted by molar-refractivity contribution is 6.30. The van der Waals surface area contributed by atoms with Crippen molar-refractivity contribution in [1.29, 1.82) is 0 Å². The Morgan fingerprint density at radius 1 is 1.16 bits per heavy atom. The van der Waals surface area contributed by atoms with E-state index < -0.39 is 30.5 Å². The van der Waals surface area contributed by atoms with Gasteiger partial charge in [0.25, 0.3) is 5.91 Å². The molecule has 7 nitrogen and oxygen atoms in total. The number of aliphatic carboxylic acids is 1. The molecule has 170 valence electrons. The van der Waals surface area contributed by atoms with Gasteiger partial charge in [-0.15, -0.1) is 0 Å². The van der Waals surface area contributed by atoms with Gasteiger partial charge in [-0.1, -0.05) is 44.5 Å². The van der Waals surface area contributed by atoms with Gasteiger partial charge in [-0.25, -0.2) is 0 Å². The van der Waals surface area contributed by atoms with Gasteiger partial charge in [0.05, 0.1) is 6.42 Å². The summed E-state index contributed by atoms with van der Waals surface area (Å²) in [6.45, 7) is 7.26. The van der Waals surface area contributed by atoms with Crippen LogP contribution in [0.1, 0.15) is 44.4 Å². The van der Waals surface area contributed by atoms with E-state index in [-0.39, 0.29) is 5.41 Å². The third-order valence-corrected chi connectivity index (χ3v) is 5.51. The van der Waals surface area contributed by atoms with Gasteiger partial charge < -0.3 is 24.2 Å². The number of carbonyl (C=O) groups is 2. The van der Waals surface area contributed by atoms with E-state index in [1.807, 2.05) is 32.9 Å². The van der Waals surface area contributed by atoms with Gasteiger partial charge in [-0.3, -0.25) is 9.59 Å². The number of carboxylic acid groups (broad SMARTS) is 1. The van der Waals surface area contributed by atoms with E-state index in [0.717, 1.165) is 0 Å². The Labute approximate surface area is 191 Å². The number of nitrogens with zero attached hydrogens (tertiary/aromatic N) is 1. The van der Waals surface area contributed by atoms with Crippen molar-refractivity contribution >= 4 is 29.2 Å². The average Bonchev–Trinajstić information content (AvgIpc) is 2.82. The minimum absolute atomic E-state index is 0.233. The van der Waals surface area contributed by atoms with E-state index in [4.69, 9.17) is 25.8 Å². The van der Waals surface area contributed by atoms with Crippen LogP contribution in [0.15, 0.2) is 36.4 Å². The summed E-state index contributed by atoms with van der Waals surface area (Å²) in [4.78, 5) is 26.7. The third kappa shape index (κ3) is 4.54. The smallest absolute Gasteiger partial charge is 0.306 e. The van der Waals surface area contributed by atoms with Gasteiger partial charge in [0, 0.05) is 28.4 Å². The molecule has 2 aliphatic rings. The summed E-state index contributed by atoms with van der Waals surface area (Å²) in [6.07, 6.45) is -2.39. The van der Waals surface area contributed by atoms with E-state index in [1.165, 1.54) is 0 Å². The SMILES string of the molecule is CC(C)(C)CN1C(=O)[C@@H](CC(=O)O)O[C@H](c2cccc3c2OCCO3)c2cc(Cl)ccc21. The normalized spacial score (nSPS) is 20.5. The summed E-state index contributed by atoms with van der Waals surface area (Å²) in [7, 11) is 0. The largest absolute Gasteiger partial charge is 0.486 e. The number of carboxylic acids is 1. The van der Waals surface area contributed by atoms with E-state index >= 15 is 0 Å². The lowest BCUT2D eigenvalue weighted by molar-refractivity contribution is -0.147. The number of ether oxygens (including phenoxy) is 3. The maximum Gasteiger partial charge on any atom is 0.306 e. The molecule has 1 amide bonds. The fourth-order valence-corrected chi connectivity index (χ4v) is 4.23. The molecule has 0 unspecified atom stereocenters. The Morgan fingerprint density at radius 3 is 2.62 bits per heavy atom. The van der Waals surface area contributed by atoms with Gasteiger partial charge in [0.2, 0.25) is 0 Å². The number of para-hydroxylation sites is 1. The van der Waals surface area contributed by atoms with E-state index in [1.54, 1.807) is 29.2 Å². The van der Waals surface area contributed by atoms with Gasteiger partial charge in [-0.2, -0.15) is 0 Å². The number of hydrogen-bond acceptors (Lipinski definition) is 5. The monoisotopic (exact) mass is 459 g/mol. The molecule has 0 bridgehead atoms. The second-order valence-corrected chi connectivity index (χ2v) is 9.60. The first-order chi connectivity index (χ1) is 15.1. The number of carbonyl (C=O) groups excluding carboxylic acids is 1. The highest BCUT2D eigenvalue weighted by Crippen LogP contribution is 2.46. The molecule has 0 aliphatic carbocycles. The number of rotatable bonds is 4. The molecular weight excluding hydrogens is 434 g/mol. The fourth-order valence-electron chi connectivity index (χ4n) is 4.04. The van der Waals surface area contributed by atoms with Crippen LogP contribution in [0.5, 0.6) is 11.5 Å². The lowest BCUT2D eigenvalue weighted by Crippen LogP contribution is -2.44. The molecule has 0 aromatic heterocycles. The Kier molecular flexibility index (Phi) is 6.05. The van der Waals surface area contributed by atoms with Crippen molar-refractivity contribution in [2.75, 3.05) is 24.7 Å². The summed E-state index contributed by atoms with van der Waals surface area (Å²) < 4.78 is 17.9. The number of benzene rings is 2. The Bertz CT molecular complexity index is 1050. The van der Waals surface area contributed by atoms with Crippen molar-refractivity contribution in [3.63, 3.8) is 0 Å². The highest BCUT2D eigenvalue weighted by Gasteiger charge is 2.40. The molecule has 0 spiro atoms. The van der Waals surface area contributed by atoms with Crippen molar-refractivity contribution < 1.29 is 28.9 Å². The Balaban J connectivity index is 1.91. The van der Waals surface area contributed by atoms with Crippen molar-refractivity contribution in [1.82, 2.24) is 0 Å². The minimum atomic E-state index is -1.17. The number of anilines is 1. The third-order valence-electron chi connectivity index (χ3n) is 5.28. The zero-order valence-corrected chi connectivity index (χ0v) is 19.0. The zero-order valence-electron chi connectivity index (χ0n) is 18.3. The first-order valence-electron chi connectivity index (χ1n) is 10.5. The molecule has 2 atom stereocenters. The Hall–Kier alpha value is -2.77. The molecule has 1 N–H and O–H groups in total. The van der Waals surface area contributed by atoms with Crippen LogP contribution in [0.25, 0.3) is 0 Å². The predicted octanol–water partition coefficient (Wildman–Crippen LogP) is 4.45. The molecule has 0 saturated heterocycles. The number of hydrogen-bond donors (Lipinski definition) is 1. The first kappa shape index (κ1) is 22.4. The summed E-state index contributed by atoms with van der Waals surface area (Å²) in [5.74, 6) is -0.398. The maximum atomic E-state index is 13.5. The van der Waals surface area contributed by atoms with Crippen molar-refractivity contribution in [3.8, 4) is 11.5 Å². The van der Waals surface area contributed by atoms with Gasteiger partial charge >= 0.3 is 5.97 Å². The quantitative estimate of drug-likeness (QED) is 0.726. The van der Waals surface area contributed by atoms with Crippen LogP contribution in [-0.2, 0) is 14.3 Å². The second-order valence-electron chi connectivity index (χ2n) is 9.16. The molecule has 2 aliphatic heterocycles. The summed E-state index contributed by atoms with van der Waals surface area (Å²) in [5.41, 5.74) is 1.74. The molecule has 0 fully saturated rings. The molecular formula is C24H26ClNO6. The molecule has 8 heteroatoms. The average molecular weight is 460 g/mol. The second kappa shape index (κ2) is 8.64. The van der Waals surface area contributed by atoms with E-state index in [0.29, 0.717) is 53.1 Å². The van der Waals surface area contributed by atoms with Crippen LogP contribution in [0, 0.1) is 5.41 Å². The van der Waals surface area contributed by atoms with Crippen LogP contribution in [0.4, 0.5) is 5.69 Å². The van der Waals surface area contributed by atoms with Crippen LogP contribution in [0.2, 0.25) is 5.02 Å². The van der Waals surface area contributed by atoms with Gasteiger partial charge in [0.15, 0.2) is 11.5 Å². The standard InChI is InChI=1S/C24H26ClNO6/c1-24(2,3)13-26-17-8-7-14(25)11-16(17)21(32-19(23(26)29)12-20(27)28)15-5-4-6-18-22(15)31-10-9-30-18/h4-8,11,19,21H,9-10,12-13H2,1-3H3,(H,27,28)/t19-,21-/m1/s1. The first-order valence-corrected chi connectivity index (χ1v) is 10.9. The van der Waals surface area contributed by atoms with Crippen LogP contribution in [-0.4, -0.2) is 42.8 Å². The molecule has 2 aromatic carbocycles. The van der Waals surface area contributed by atoms with Gasteiger partial charge in [-0.05, 0) is 29.7 Å². The number of halogens is 1.